The Labute approximate surface area is 198 Å². The van der Waals surface area contributed by atoms with Crippen LogP contribution in [-0.2, 0) is 4.74 Å². The highest BCUT2D eigenvalue weighted by Crippen LogP contribution is 2.28. The summed E-state index contributed by atoms with van der Waals surface area (Å²) in [6.45, 7) is 11.7. The second-order valence-electron chi connectivity index (χ2n) is 7.79. The number of piperazine rings is 1. The number of anilines is 1. The molecule has 1 aromatic rings. The average Bonchev–Trinajstić information content (AvgIpc) is 3.59. The molecule has 0 atom stereocenters. The SMILES string of the molecule is CCNC(=NCCCOCC1CC1)NCCCN1CCN(c2ncccn2)CC1.I. The topological polar surface area (TPSA) is 77.9 Å². The van der Waals surface area contributed by atoms with Crippen molar-refractivity contribution in [2.45, 2.75) is 32.6 Å². The standard InChI is InChI=1S/C21H37N7O.HI/c1-2-22-20(24-11-5-17-29-18-19-6-7-19)23-10-4-12-27-13-15-28(16-14-27)21-25-8-3-9-26-21;/h3,8-9,19H,2,4-7,10-18H2,1H3,(H2,22,23,24);1H. The second-order valence-corrected chi connectivity index (χ2v) is 7.79. The van der Waals surface area contributed by atoms with Crippen molar-refractivity contribution in [1.82, 2.24) is 25.5 Å². The van der Waals surface area contributed by atoms with E-state index >= 15 is 0 Å². The molecule has 0 unspecified atom stereocenters. The van der Waals surface area contributed by atoms with Gasteiger partial charge in [0.25, 0.3) is 0 Å². The van der Waals surface area contributed by atoms with Gasteiger partial charge < -0.3 is 20.3 Å². The van der Waals surface area contributed by atoms with E-state index in [4.69, 9.17) is 4.74 Å². The number of hydrogen-bond donors (Lipinski definition) is 2. The lowest BCUT2D eigenvalue weighted by atomic mass is 10.3. The fourth-order valence-electron chi connectivity index (χ4n) is 3.37. The first-order valence-corrected chi connectivity index (χ1v) is 11.2. The third kappa shape index (κ3) is 9.74. The van der Waals surface area contributed by atoms with Crippen LogP contribution in [0.15, 0.2) is 23.5 Å². The van der Waals surface area contributed by atoms with Crippen molar-refractivity contribution in [2.75, 3.05) is 70.5 Å². The van der Waals surface area contributed by atoms with Gasteiger partial charge in [-0.1, -0.05) is 0 Å². The summed E-state index contributed by atoms with van der Waals surface area (Å²) in [5, 5.41) is 6.78. The normalized spacial score (nSPS) is 17.5. The van der Waals surface area contributed by atoms with Gasteiger partial charge in [0, 0.05) is 71.4 Å². The van der Waals surface area contributed by atoms with E-state index < -0.39 is 0 Å². The molecule has 1 saturated carbocycles. The predicted octanol–water partition coefficient (Wildman–Crippen LogP) is 1.98. The van der Waals surface area contributed by atoms with Crippen LogP contribution in [0.2, 0.25) is 0 Å². The molecule has 3 rings (SSSR count). The number of aliphatic imine (C=N–C) groups is 1. The summed E-state index contributed by atoms with van der Waals surface area (Å²) in [5.74, 6) is 2.60. The van der Waals surface area contributed by atoms with Gasteiger partial charge in [-0.3, -0.25) is 9.89 Å². The molecule has 1 aliphatic carbocycles. The maximum Gasteiger partial charge on any atom is 0.225 e. The van der Waals surface area contributed by atoms with Crippen LogP contribution in [0.4, 0.5) is 5.95 Å². The molecule has 0 radical (unpaired) electrons. The zero-order valence-electron chi connectivity index (χ0n) is 18.3. The molecule has 2 N–H and O–H groups in total. The summed E-state index contributed by atoms with van der Waals surface area (Å²) in [6, 6.07) is 1.86. The third-order valence-corrected chi connectivity index (χ3v) is 5.26. The van der Waals surface area contributed by atoms with Crippen LogP contribution in [0.25, 0.3) is 0 Å². The largest absolute Gasteiger partial charge is 0.381 e. The van der Waals surface area contributed by atoms with Gasteiger partial charge in [0.15, 0.2) is 5.96 Å². The number of rotatable bonds is 12. The number of ether oxygens (including phenoxy) is 1. The molecule has 2 fully saturated rings. The minimum absolute atomic E-state index is 0. The summed E-state index contributed by atoms with van der Waals surface area (Å²) in [7, 11) is 0. The van der Waals surface area contributed by atoms with Crippen molar-refractivity contribution < 1.29 is 4.74 Å². The number of guanidine groups is 1. The number of halogens is 1. The smallest absolute Gasteiger partial charge is 0.225 e. The summed E-state index contributed by atoms with van der Waals surface area (Å²) in [6.07, 6.45) is 8.42. The maximum absolute atomic E-state index is 5.67. The highest BCUT2D eigenvalue weighted by molar-refractivity contribution is 14.0. The van der Waals surface area contributed by atoms with Gasteiger partial charge in [-0.15, -0.1) is 24.0 Å². The van der Waals surface area contributed by atoms with Gasteiger partial charge in [-0.2, -0.15) is 0 Å². The highest BCUT2D eigenvalue weighted by Gasteiger charge is 2.21. The number of aromatic nitrogens is 2. The Kier molecular flexibility index (Phi) is 12.3. The number of nitrogens with one attached hydrogen (secondary N) is 2. The molecule has 1 aromatic heterocycles. The van der Waals surface area contributed by atoms with E-state index in [0.717, 1.165) is 96.2 Å². The Balaban J connectivity index is 0.00000320. The van der Waals surface area contributed by atoms with E-state index in [1.807, 2.05) is 18.5 Å². The van der Waals surface area contributed by atoms with Crippen LogP contribution >= 0.6 is 24.0 Å². The van der Waals surface area contributed by atoms with Crippen LogP contribution in [-0.4, -0.2) is 86.4 Å². The molecule has 2 aliphatic rings. The molecule has 8 nitrogen and oxygen atoms in total. The first-order valence-electron chi connectivity index (χ1n) is 11.2. The number of nitrogens with zero attached hydrogens (tertiary/aromatic N) is 5. The molecule has 0 amide bonds. The Morgan fingerprint density at radius 2 is 1.90 bits per heavy atom. The number of hydrogen-bond acceptors (Lipinski definition) is 6. The molecule has 2 heterocycles. The first kappa shape index (κ1) is 25.1. The fourth-order valence-corrected chi connectivity index (χ4v) is 3.37. The van der Waals surface area contributed by atoms with Crippen molar-refractivity contribution in [2.24, 2.45) is 10.9 Å². The van der Waals surface area contributed by atoms with Crippen molar-refractivity contribution in [3.63, 3.8) is 0 Å². The van der Waals surface area contributed by atoms with Crippen LogP contribution in [0.3, 0.4) is 0 Å². The highest BCUT2D eigenvalue weighted by atomic mass is 127. The first-order chi connectivity index (χ1) is 14.3. The van der Waals surface area contributed by atoms with Crippen LogP contribution in [0.1, 0.15) is 32.6 Å². The molecule has 0 aromatic carbocycles. The molecule has 9 heteroatoms. The van der Waals surface area contributed by atoms with Crippen LogP contribution in [0, 0.1) is 5.92 Å². The van der Waals surface area contributed by atoms with Gasteiger partial charge in [0.1, 0.15) is 0 Å². The van der Waals surface area contributed by atoms with Gasteiger partial charge in [0.05, 0.1) is 0 Å². The lowest BCUT2D eigenvalue weighted by Crippen LogP contribution is -2.47. The molecular formula is C21H38IN7O. The van der Waals surface area contributed by atoms with E-state index in [2.05, 4.69) is 42.3 Å². The second kappa shape index (κ2) is 14.7. The predicted molar refractivity (Wildman–Crippen MR) is 133 cm³/mol. The van der Waals surface area contributed by atoms with E-state index in [1.54, 1.807) is 0 Å². The van der Waals surface area contributed by atoms with E-state index in [-0.39, 0.29) is 24.0 Å². The minimum Gasteiger partial charge on any atom is -0.381 e. The molecule has 1 aliphatic heterocycles. The molecule has 0 bridgehead atoms. The Morgan fingerprint density at radius 1 is 1.13 bits per heavy atom. The van der Waals surface area contributed by atoms with E-state index in [0.29, 0.717) is 0 Å². The van der Waals surface area contributed by atoms with Gasteiger partial charge >= 0.3 is 0 Å². The summed E-state index contributed by atoms with van der Waals surface area (Å²) < 4.78 is 5.67. The third-order valence-electron chi connectivity index (χ3n) is 5.26. The van der Waals surface area contributed by atoms with Crippen molar-refractivity contribution >= 4 is 35.9 Å². The quantitative estimate of drug-likeness (QED) is 0.185. The van der Waals surface area contributed by atoms with Gasteiger partial charge in [-0.25, -0.2) is 9.97 Å². The van der Waals surface area contributed by atoms with Crippen LogP contribution < -0.4 is 15.5 Å². The molecule has 0 spiro atoms. The van der Waals surface area contributed by atoms with E-state index in [9.17, 15) is 0 Å². The Morgan fingerprint density at radius 3 is 2.60 bits per heavy atom. The zero-order chi connectivity index (χ0) is 20.2. The van der Waals surface area contributed by atoms with Crippen molar-refractivity contribution in [3.8, 4) is 0 Å². The monoisotopic (exact) mass is 531 g/mol. The zero-order valence-corrected chi connectivity index (χ0v) is 20.6. The molecule has 170 valence electrons. The summed E-state index contributed by atoms with van der Waals surface area (Å²) in [5.41, 5.74) is 0. The van der Waals surface area contributed by atoms with Gasteiger partial charge in [-0.05, 0) is 51.1 Å². The summed E-state index contributed by atoms with van der Waals surface area (Å²) >= 11 is 0. The molecule has 30 heavy (non-hydrogen) atoms. The lowest BCUT2D eigenvalue weighted by Gasteiger charge is -2.34. The fraction of sp³-hybridized carbons (Fsp3) is 0.762. The van der Waals surface area contributed by atoms with E-state index in [1.165, 1.54) is 12.8 Å². The minimum atomic E-state index is 0. The molecular weight excluding hydrogens is 493 g/mol. The maximum atomic E-state index is 5.67. The average molecular weight is 531 g/mol. The van der Waals surface area contributed by atoms with Crippen molar-refractivity contribution in [1.29, 1.82) is 0 Å². The lowest BCUT2D eigenvalue weighted by molar-refractivity contribution is 0.123. The summed E-state index contributed by atoms with van der Waals surface area (Å²) in [4.78, 5) is 18.1. The Hall–Kier alpha value is -1.20. The van der Waals surface area contributed by atoms with Crippen molar-refractivity contribution in [3.05, 3.63) is 18.5 Å². The van der Waals surface area contributed by atoms with Gasteiger partial charge in [0.2, 0.25) is 5.95 Å². The molecule has 1 saturated heterocycles. The Bertz CT molecular complexity index is 592. The van der Waals surface area contributed by atoms with Crippen LogP contribution in [0.5, 0.6) is 0 Å².